The zero-order valence-electron chi connectivity index (χ0n) is 16.8. The van der Waals surface area contributed by atoms with Crippen LogP contribution in [0.5, 0.6) is 0 Å². The van der Waals surface area contributed by atoms with E-state index in [0.717, 1.165) is 15.0 Å². The molecule has 5 atom stereocenters. The monoisotopic (exact) mass is 446 g/mol. The first-order valence-electron chi connectivity index (χ1n) is 9.92. The van der Waals surface area contributed by atoms with Gasteiger partial charge in [-0.15, -0.1) is 11.3 Å². The number of thiophene rings is 1. The molecule has 6 nitrogen and oxygen atoms in total. The maximum absolute atomic E-state index is 14.6. The lowest BCUT2D eigenvalue weighted by Crippen LogP contribution is -2.55. The summed E-state index contributed by atoms with van der Waals surface area (Å²) >= 11 is 1.58. The number of esters is 1. The maximum Gasteiger partial charge on any atom is 0.302 e. The smallest absolute Gasteiger partial charge is 0.302 e. The van der Waals surface area contributed by atoms with Crippen LogP contribution in [0.3, 0.4) is 0 Å². The number of aliphatic hydroxyl groups excluding tert-OH is 3. The molecule has 0 unspecified atom stereocenters. The van der Waals surface area contributed by atoms with E-state index in [4.69, 9.17) is 9.47 Å². The quantitative estimate of drug-likeness (QED) is 0.522. The van der Waals surface area contributed by atoms with E-state index in [1.54, 1.807) is 17.4 Å². The van der Waals surface area contributed by atoms with Crippen LogP contribution in [0.1, 0.15) is 29.0 Å². The lowest BCUT2D eigenvalue weighted by molar-refractivity contribution is -0.234. The molecule has 31 heavy (non-hydrogen) atoms. The van der Waals surface area contributed by atoms with E-state index in [9.17, 15) is 24.5 Å². The molecule has 0 radical (unpaired) electrons. The summed E-state index contributed by atoms with van der Waals surface area (Å²) in [5.41, 5.74) is 0.890. The summed E-state index contributed by atoms with van der Waals surface area (Å²) < 4.78 is 26.3. The minimum absolute atomic E-state index is 0.271. The molecule has 3 N–H and O–H groups in total. The minimum Gasteiger partial charge on any atom is -0.463 e. The van der Waals surface area contributed by atoms with Crippen LogP contribution < -0.4 is 0 Å². The summed E-state index contributed by atoms with van der Waals surface area (Å²) in [4.78, 5) is 12.1. The summed E-state index contributed by atoms with van der Waals surface area (Å²) in [6.45, 7) is 0.949. The van der Waals surface area contributed by atoms with Crippen molar-refractivity contribution in [1.29, 1.82) is 0 Å². The molecule has 1 saturated heterocycles. The second kappa shape index (κ2) is 9.02. The van der Waals surface area contributed by atoms with Gasteiger partial charge in [0.1, 0.15) is 42.9 Å². The summed E-state index contributed by atoms with van der Waals surface area (Å²) in [7, 11) is 0. The first-order chi connectivity index (χ1) is 14.8. The second-order valence-electron chi connectivity index (χ2n) is 7.65. The SMILES string of the molecule is CC(=O)OC[C@H]1O[C@@H](c2ccc(F)c(Cc3cc4ccccc4s3)c2)[C@H](O)[C@@H](O)[C@@H]1O. The Balaban J connectivity index is 1.59. The molecule has 1 aliphatic rings. The van der Waals surface area contributed by atoms with Gasteiger partial charge in [0.05, 0.1) is 0 Å². The van der Waals surface area contributed by atoms with Crippen molar-refractivity contribution in [3.63, 3.8) is 0 Å². The molecular weight excluding hydrogens is 423 g/mol. The molecule has 8 heteroatoms. The van der Waals surface area contributed by atoms with Crippen molar-refractivity contribution in [3.05, 3.63) is 70.4 Å². The normalized spacial score (nSPS) is 26.2. The van der Waals surface area contributed by atoms with E-state index in [1.807, 2.05) is 30.3 Å². The van der Waals surface area contributed by atoms with Gasteiger partial charge in [-0.2, -0.15) is 0 Å². The highest BCUT2D eigenvalue weighted by Crippen LogP contribution is 2.34. The predicted octanol–water partition coefficient (Wildman–Crippen LogP) is 2.72. The van der Waals surface area contributed by atoms with Crippen molar-refractivity contribution in [3.8, 4) is 0 Å². The Morgan fingerprint density at radius 3 is 2.61 bits per heavy atom. The third-order valence-corrected chi connectivity index (χ3v) is 6.52. The molecule has 0 amide bonds. The third kappa shape index (κ3) is 4.63. The molecule has 164 valence electrons. The van der Waals surface area contributed by atoms with Gasteiger partial charge >= 0.3 is 5.97 Å². The number of aliphatic hydroxyl groups is 3. The van der Waals surface area contributed by atoms with E-state index in [2.05, 4.69) is 0 Å². The summed E-state index contributed by atoms with van der Waals surface area (Å²) in [5, 5.41) is 32.0. The molecule has 0 spiro atoms. The molecular formula is C23H23FO6S. The van der Waals surface area contributed by atoms with Crippen molar-refractivity contribution in [2.24, 2.45) is 0 Å². The Morgan fingerprint density at radius 2 is 1.87 bits per heavy atom. The Labute approximate surface area is 182 Å². The van der Waals surface area contributed by atoms with Crippen LogP contribution in [0.4, 0.5) is 4.39 Å². The average molecular weight is 446 g/mol. The largest absolute Gasteiger partial charge is 0.463 e. The second-order valence-corrected chi connectivity index (χ2v) is 8.82. The highest BCUT2D eigenvalue weighted by atomic mass is 32.1. The number of carbonyl (C=O) groups is 1. The van der Waals surface area contributed by atoms with Gasteiger partial charge < -0.3 is 24.8 Å². The van der Waals surface area contributed by atoms with E-state index >= 15 is 0 Å². The number of halogens is 1. The predicted molar refractivity (Wildman–Crippen MR) is 113 cm³/mol. The zero-order chi connectivity index (χ0) is 22.1. The first kappa shape index (κ1) is 21.9. The lowest BCUT2D eigenvalue weighted by atomic mass is 9.90. The zero-order valence-corrected chi connectivity index (χ0v) is 17.6. The van der Waals surface area contributed by atoms with E-state index in [-0.39, 0.29) is 12.4 Å². The summed E-state index contributed by atoms with van der Waals surface area (Å²) in [6, 6.07) is 14.3. The molecule has 2 heterocycles. The average Bonchev–Trinajstić information content (AvgIpc) is 3.15. The lowest BCUT2D eigenvalue weighted by Gasteiger charge is -2.40. The number of ether oxygens (including phenoxy) is 2. The number of hydrogen-bond acceptors (Lipinski definition) is 7. The highest BCUT2D eigenvalue weighted by molar-refractivity contribution is 7.19. The fraction of sp³-hybridized carbons (Fsp3) is 0.348. The van der Waals surface area contributed by atoms with Crippen LogP contribution in [0, 0.1) is 5.82 Å². The number of hydrogen-bond donors (Lipinski definition) is 3. The Hall–Kier alpha value is -2.36. The summed E-state index contributed by atoms with van der Waals surface area (Å²) in [5.74, 6) is -0.941. The molecule has 0 saturated carbocycles. The summed E-state index contributed by atoms with van der Waals surface area (Å²) in [6.07, 6.45) is -6.03. The van der Waals surface area contributed by atoms with E-state index in [0.29, 0.717) is 17.5 Å². The van der Waals surface area contributed by atoms with Crippen LogP contribution >= 0.6 is 11.3 Å². The third-order valence-electron chi connectivity index (χ3n) is 5.40. The minimum atomic E-state index is -1.50. The van der Waals surface area contributed by atoms with Crippen molar-refractivity contribution < 1.29 is 34.0 Å². The maximum atomic E-state index is 14.6. The van der Waals surface area contributed by atoms with Gasteiger partial charge in [-0.1, -0.05) is 24.3 Å². The molecule has 3 aromatic rings. The fourth-order valence-corrected chi connectivity index (χ4v) is 4.87. The number of rotatable bonds is 5. The van der Waals surface area contributed by atoms with Crippen molar-refractivity contribution in [1.82, 2.24) is 0 Å². The number of fused-ring (bicyclic) bond motifs is 1. The molecule has 0 bridgehead atoms. The molecule has 1 aliphatic heterocycles. The van der Waals surface area contributed by atoms with Crippen molar-refractivity contribution >= 4 is 27.4 Å². The highest BCUT2D eigenvalue weighted by Gasteiger charge is 2.44. The van der Waals surface area contributed by atoms with Gasteiger partial charge in [-0.3, -0.25) is 4.79 Å². The number of carbonyl (C=O) groups excluding carboxylic acids is 1. The number of benzene rings is 2. The molecule has 4 rings (SSSR count). The first-order valence-corrected chi connectivity index (χ1v) is 10.7. The fourth-order valence-electron chi connectivity index (χ4n) is 3.78. The van der Waals surface area contributed by atoms with Gasteiger partial charge in [0.15, 0.2) is 0 Å². The van der Waals surface area contributed by atoms with Crippen molar-refractivity contribution in [2.45, 2.75) is 43.9 Å². The Kier molecular flexibility index (Phi) is 6.36. The topological polar surface area (TPSA) is 96.2 Å². The van der Waals surface area contributed by atoms with Gasteiger partial charge in [0.25, 0.3) is 0 Å². The van der Waals surface area contributed by atoms with Gasteiger partial charge in [0, 0.05) is 22.9 Å². The molecule has 0 aliphatic carbocycles. The molecule has 2 aromatic carbocycles. The van der Waals surface area contributed by atoms with Crippen molar-refractivity contribution in [2.75, 3.05) is 6.61 Å². The Bertz CT molecular complexity index is 1050. The van der Waals surface area contributed by atoms with Crippen LogP contribution in [-0.4, -0.2) is 52.3 Å². The van der Waals surface area contributed by atoms with Gasteiger partial charge in [-0.25, -0.2) is 4.39 Å². The van der Waals surface area contributed by atoms with Gasteiger partial charge in [0.2, 0.25) is 0 Å². The van der Waals surface area contributed by atoms with E-state index < -0.39 is 36.5 Å². The van der Waals surface area contributed by atoms with E-state index in [1.165, 1.54) is 19.1 Å². The molecule has 1 aromatic heterocycles. The van der Waals surface area contributed by atoms with Crippen LogP contribution in [-0.2, 0) is 20.7 Å². The van der Waals surface area contributed by atoms with Gasteiger partial charge in [-0.05, 0) is 40.8 Å². The van der Waals surface area contributed by atoms with Crippen LogP contribution in [0.2, 0.25) is 0 Å². The standard InChI is InChI=1S/C23H23FO6S/c1-12(25)29-11-18-20(26)21(27)22(28)23(30-18)14-6-7-17(24)15(8-14)10-16-9-13-4-2-3-5-19(13)31-16/h2-9,18,20-23,26-28H,10-11H2,1H3/t18-,20-,21+,22-,23+/m1/s1. The van der Waals surface area contributed by atoms with Crippen LogP contribution in [0.15, 0.2) is 48.5 Å². The molecule has 1 fully saturated rings. The Morgan fingerprint density at radius 1 is 1.10 bits per heavy atom. The van der Waals surface area contributed by atoms with Crippen LogP contribution in [0.25, 0.3) is 10.1 Å².